The molecule has 0 radical (unpaired) electrons. The lowest BCUT2D eigenvalue weighted by molar-refractivity contribution is 0.0343. The molecule has 1 saturated heterocycles. The van der Waals surface area contributed by atoms with Crippen LogP contribution in [0.15, 0.2) is 59.2 Å². The summed E-state index contributed by atoms with van der Waals surface area (Å²) < 4.78 is 11.0. The summed E-state index contributed by atoms with van der Waals surface area (Å²) >= 11 is 0. The van der Waals surface area contributed by atoms with Gasteiger partial charge in [0.15, 0.2) is 0 Å². The van der Waals surface area contributed by atoms with Gasteiger partial charge >= 0.3 is 6.03 Å². The number of nitrogens with one attached hydrogen (secondary N) is 2. The maximum absolute atomic E-state index is 12.4. The molecule has 0 saturated carbocycles. The first-order valence-electron chi connectivity index (χ1n) is 10.6. The van der Waals surface area contributed by atoms with Crippen molar-refractivity contribution in [2.24, 2.45) is 0 Å². The molecule has 3 aromatic rings. The molecule has 0 atom stereocenters. The standard InChI is InChI=1S/C24H28N4O3/c1-18-6-8-19(9-7-18)23-26-21(17-31-23)10-11-25-24(29)27-22-5-3-2-4-20(22)16-28-12-14-30-15-13-28/h2-9,17H,10-16H2,1H3,(H2,25,27,29). The number of anilines is 1. The zero-order chi connectivity index (χ0) is 21.5. The van der Waals surface area contributed by atoms with E-state index in [1.165, 1.54) is 5.56 Å². The first-order valence-corrected chi connectivity index (χ1v) is 10.6. The second-order valence-electron chi connectivity index (χ2n) is 7.69. The third-order valence-corrected chi connectivity index (χ3v) is 5.28. The monoisotopic (exact) mass is 420 g/mol. The molecule has 4 rings (SSSR count). The maximum atomic E-state index is 12.4. The highest BCUT2D eigenvalue weighted by Gasteiger charge is 2.14. The summed E-state index contributed by atoms with van der Waals surface area (Å²) in [5, 5.41) is 5.87. The number of ether oxygens (including phenoxy) is 1. The fraction of sp³-hybridized carbons (Fsp3) is 0.333. The van der Waals surface area contributed by atoms with Crippen LogP contribution in [0.1, 0.15) is 16.8 Å². The predicted molar refractivity (Wildman–Crippen MR) is 120 cm³/mol. The van der Waals surface area contributed by atoms with Gasteiger partial charge in [0.2, 0.25) is 5.89 Å². The number of aromatic nitrogens is 1. The van der Waals surface area contributed by atoms with E-state index in [1.807, 2.05) is 55.5 Å². The SMILES string of the molecule is Cc1ccc(-c2nc(CCNC(=O)Nc3ccccc3CN3CCOCC3)co2)cc1. The smallest absolute Gasteiger partial charge is 0.319 e. The van der Waals surface area contributed by atoms with Gasteiger partial charge in [-0.15, -0.1) is 0 Å². The number of benzene rings is 2. The van der Waals surface area contributed by atoms with Crippen LogP contribution < -0.4 is 10.6 Å². The van der Waals surface area contributed by atoms with E-state index in [4.69, 9.17) is 9.15 Å². The Morgan fingerprint density at radius 3 is 2.68 bits per heavy atom. The predicted octanol–water partition coefficient (Wildman–Crippen LogP) is 3.85. The molecule has 0 bridgehead atoms. The molecular weight excluding hydrogens is 392 g/mol. The molecule has 7 heteroatoms. The molecule has 2 amide bonds. The van der Waals surface area contributed by atoms with Crippen molar-refractivity contribution in [1.82, 2.24) is 15.2 Å². The first-order chi connectivity index (χ1) is 15.2. The molecule has 1 aromatic heterocycles. The van der Waals surface area contributed by atoms with Gasteiger partial charge in [0.25, 0.3) is 0 Å². The first kappa shape index (κ1) is 21.1. The lowest BCUT2D eigenvalue weighted by atomic mass is 10.1. The van der Waals surface area contributed by atoms with Crippen molar-refractivity contribution in [2.75, 3.05) is 38.2 Å². The second kappa shape index (κ2) is 10.2. The zero-order valence-electron chi connectivity index (χ0n) is 17.8. The molecule has 1 fully saturated rings. The molecule has 0 aliphatic carbocycles. The minimum absolute atomic E-state index is 0.225. The second-order valence-corrected chi connectivity index (χ2v) is 7.69. The highest BCUT2D eigenvalue weighted by molar-refractivity contribution is 5.90. The van der Waals surface area contributed by atoms with Crippen LogP contribution >= 0.6 is 0 Å². The van der Waals surface area contributed by atoms with Crippen LogP contribution in [-0.2, 0) is 17.7 Å². The summed E-state index contributed by atoms with van der Waals surface area (Å²) in [7, 11) is 0. The van der Waals surface area contributed by atoms with E-state index in [1.54, 1.807) is 6.26 Å². The highest BCUT2D eigenvalue weighted by atomic mass is 16.5. The third-order valence-electron chi connectivity index (χ3n) is 5.28. The lowest BCUT2D eigenvalue weighted by Gasteiger charge is -2.27. The Hall–Kier alpha value is -3.16. The van der Waals surface area contributed by atoms with Crippen LogP contribution in [0.5, 0.6) is 0 Å². The number of carbonyl (C=O) groups excluding carboxylic acids is 1. The number of amides is 2. The summed E-state index contributed by atoms with van der Waals surface area (Å²) in [5.74, 6) is 0.594. The Morgan fingerprint density at radius 2 is 1.87 bits per heavy atom. The number of hydrogen-bond acceptors (Lipinski definition) is 5. The molecule has 162 valence electrons. The molecule has 2 aromatic carbocycles. The molecule has 2 heterocycles. The van der Waals surface area contributed by atoms with Crippen molar-refractivity contribution in [3.63, 3.8) is 0 Å². The van der Waals surface area contributed by atoms with Crippen LogP contribution in [0.4, 0.5) is 10.5 Å². The summed E-state index contributed by atoms with van der Waals surface area (Å²) in [6.45, 7) is 6.62. The van der Waals surface area contributed by atoms with E-state index in [0.29, 0.717) is 18.9 Å². The molecule has 0 unspecified atom stereocenters. The van der Waals surface area contributed by atoms with Crippen LogP contribution in [0, 0.1) is 6.92 Å². The summed E-state index contributed by atoms with van der Waals surface area (Å²) in [6.07, 6.45) is 2.24. The number of urea groups is 1. The summed E-state index contributed by atoms with van der Waals surface area (Å²) in [6, 6.07) is 15.7. The van der Waals surface area contributed by atoms with E-state index in [0.717, 1.165) is 55.4 Å². The Kier molecular flexibility index (Phi) is 6.96. The number of morpholine rings is 1. The summed E-state index contributed by atoms with van der Waals surface area (Å²) in [5.41, 5.74) is 4.87. The highest BCUT2D eigenvalue weighted by Crippen LogP contribution is 2.20. The average Bonchev–Trinajstić information content (AvgIpc) is 3.25. The van der Waals surface area contributed by atoms with Gasteiger partial charge in [0.05, 0.1) is 18.9 Å². The van der Waals surface area contributed by atoms with E-state index in [2.05, 4.69) is 20.5 Å². The third kappa shape index (κ3) is 5.93. The van der Waals surface area contributed by atoms with Crippen molar-refractivity contribution in [3.8, 4) is 11.5 Å². The zero-order valence-corrected chi connectivity index (χ0v) is 17.8. The van der Waals surface area contributed by atoms with Gasteiger partial charge in [-0.25, -0.2) is 9.78 Å². The number of para-hydroxylation sites is 1. The fourth-order valence-electron chi connectivity index (χ4n) is 3.50. The molecule has 2 N–H and O–H groups in total. The van der Waals surface area contributed by atoms with Crippen LogP contribution in [0.3, 0.4) is 0 Å². The number of nitrogens with zero attached hydrogens (tertiary/aromatic N) is 2. The largest absolute Gasteiger partial charge is 0.444 e. The number of oxazole rings is 1. The molecule has 7 nitrogen and oxygen atoms in total. The minimum atomic E-state index is -0.225. The van der Waals surface area contributed by atoms with Gasteiger partial charge in [0.1, 0.15) is 6.26 Å². The Morgan fingerprint density at radius 1 is 1.10 bits per heavy atom. The van der Waals surface area contributed by atoms with E-state index in [-0.39, 0.29) is 6.03 Å². The van der Waals surface area contributed by atoms with Gasteiger partial charge in [0, 0.05) is 43.9 Å². The van der Waals surface area contributed by atoms with Crippen molar-refractivity contribution < 1.29 is 13.9 Å². The molecule has 0 spiro atoms. The maximum Gasteiger partial charge on any atom is 0.319 e. The van der Waals surface area contributed by atoms with Crippen molar-refractivity contribution >= 4 is 11.7 Å². The Bertz CT molecular complexity index is 994. The van der Waals surface area contributed by atoms with Crippen LogP contribution in [0.25, 0.3) is 11.5 Å². The average molecular weight is 421 g/mol. The number of rotatable bonds is 7. The van der Waals surface area contributed by atoms with Gasteiger partial charge in [-0.05, 0) is 30.7 Å². The van der Waals surface area contributed by atoms with Gasteiger partial charge < -0.3 is 19.8 Å². The Balaban J connectivity index is 1.27. The quantitative estimate of drug-likeness (QED) is 0.607. The van der Waals surface area contributed by atoms with Crippen molar-refractivity contribution in [2.45, 2.75) is 19.9 Å². The molecule has 1 aliphatic rings. The molecular formula is C24H28N4O3. The van der Waals surface area contributed by atoms with Crippen LogP contribution in [-0.4, -0.2) is 48.8 Å². The Labute approximate surface area is 182 Å². The van der Waals surface area contributed by atoms with E-state index in [9.17, 15) is 4.79 Å². The van der Waals surface area contributed by atoms with Crippen LogP contribution in [0.2, 0.25) is 0 Å². The van der Waals surface area contributed by atoms with Gasteiger partial charge in [-0.3, -0.25) is 4.90 Å². The fourth-order valence-corrected chi connectivity index (χ4v) is 3.50. The summed E-state index contributed by atoms with van der Waals surface area (Å²) in [4.78, 5) is 19.3. The number of carbonyl (C=O) groups is 1. The van der Waals surface area contributed by atoms with Gasteiger partial charge in [-0.2, -0.15) is 0 Å². The normalized spacial score (nSPS) is 14.4. The topological polar surface area (TPSA) is 79.6 Å². The van der Waals surface area contributed by atoms with Gasteiger partial charge in [-0.1, -0.05) is 35.9 Å². The molecule has 1 aliphatic heterocycles. The van der Waals surface area contributed by atoms with Crippen molar-refractivity contribution in [1.29, 1.82) is 0 Å². The van der Waals surface area contributed by atoms with E-state index >= 15 is 0 Å². The molecule has 31 heavy (non-hydrogen) atoms. The van der Waals surface area contributed by atoms with E-state index < -0.39 is 0 Å². The minimum Gasteiger partial charge on any atom is -0.444 e. The number of aryl methyl sites for hydroxylation is 1. The number of hydrogen-bond donors (Lipinski definition) is 2. The lowest BCUT2D eigenvalue weighted by Crippen LogP contribution is -2.36. The van der Waals surface area contributed by atoms with Crippen molar-refractivity contribution in [3.05, 3.63) is 71.6 Å².